The summed E-state index contributed by atoms with van der Waals surface area (Å²) in [5, 5.41) is 0. The maximum Gasteiger partial charge on any atom is 0.239 e. The van der Waals surface area contributed by atoms with Crippen LogP contribution in [-0.2, 0) is 4.79 Å². The maximum atomic E-state index is 11.9. The molecule has 0 radical (unpaired) electrons. The van der Waals surface area contributed by atoms with Gasteiger partial charge in [-0.05, 0) is 31.6 Å². The Labute approximate surface area is 85.6 Å². The van der Waals surface area contributed by atoms with Crippen LogP contribution in [-0.4, -0.2) is 29.9 Å². The molecule has 0 aromatic carbocycles. The lowest BCUT2D eigenvalue weighted by molar-refractivity contribution is -0.132. The van der Waals surface area contributed by atoms with Crippen LogP contribution in [0.3, 0.4) is 0 Å². The fraction of sp³-hybridized carbons (Fsp3) is 0.909. The third kappa shape index (κ3) is 1.92. The first kappa shape index (κ1) is 9.97. The van der Waals surface area contributed by atoms with Crippen LogP contribution in [0.15, 0.2) is 0 Å². The van der Waals surface area contributed by atoms with Crippen molar-refractivity contribution in [3.05, 3.63) is 0 Å². The number of rotatable bonds is 2. The lowest BCUT2D eigenvalue weighted by Crippen LogP contribution is -2.46. The molecular weight excluding hydrogens is 176 g/mol. The fourth-order valence-electron chi connectivity index (χ4n) is 2.67. The predicted octanol–water partition coefficient (Wildman–Crippen LogP) is 1.13. The Morgan fingerprint density at radius 2 is 1.71 bits per heavy atom. The van der Waals surface area contributed by atoms with Gasteiger partial charge in [-0.15, -0.1) is 0 Å². The molecule has 1 amide bonds. The van der Waals surface area contributed by atoms with Crippen molar-refractivity contribution in [1.29, 1.82) is 0 Å². The topological polar surface area (TPSA) is 46.3 Å². The van der Waals surface area contributed by atoms with Crippen LogP contribution >= 0.6 is 0 Å². The second kappa shape index (κ2) is 4.30. The average molecular weight is 196 g/mol. The number of carbonyl (C=O) groups excluding carboxylic acids is 1. The van der Waals surface area contributed by atoms with Crippen LogP contribution in [0.5, 0.6) is 0 Å². The molecule has 2 N–H and O–H groups in total. The predicted molar refractivity (Wildman–Crippen MR) is 55.7 cm³/mol. The molecule has 2 rings (SSSR count). The molecule has 1 atom stereocenters. The van der Waals surface area contributed by atoms with Gasteiger partial charge in [-0.3, -0.25) is 4.79 Å². The molecule has 2 aliphatic rings. The number of carbonyl (C=O) groups is 1. The summed E-state index contributed by atoms with van der Waals surface area (Å²) < 4.78 is 0. The molecule has 0 bridgehead atoms. The summed E-state index contributed by atoms with van der Waals surface area (Å²) in [6, 6.07) is -0.212. The largest absolute Gasteiger partial charge is 0.341 e. The molecule has 1 saturated heterocycles. The van der Waals surface area contributed by atoms with E-state index >= 15 is 0 Å². The summed E-state index contributed by atoms with van der Waals surface area (Å²) in [5.41, 5.74) is 6.01. The van der Waals surface area contributed by atoms with Gasteiger partial charge in [0.2, 0.25) is 5.91 Å². The van der Waals surface area contributed by atoms with Crippen LogP contribution in [0.4, 0.5) is 0 Å². The zero-order valence-corrected chi connectivity index (χ0v) is 8.74. The molecule has 3 heteroatoms. The number of amides is 1. The smallest absolute Gasteiger partial charge is 0.239 e. The van der Waals surface area contributed by atoms with Crippen LogP contribution in [0.2, 0.25) is 0 Å². The minimum atomic E-state index is -0.212. The average Bonchev–Trinajstić information content (AvgIpc) is 2.87. The number of nitrogens with zero attached hydrogens (tertiary/aromatic N) is 1. The van der Waals surface area contributed by atoms with E-state index in [1.165, 1.54) is 12.8 Å². The molecular formula is C11H20N2O. The van der Waals surface area contributed by atoms with Crippen molar-refractivity contribution >= 4 is 5.91 Å². The maximum absolute atomic E-state index is 11.9. The Morgan fingerprint density at radius 1 is 1.14 bits per heavy atom. The number of nitrogens with two attached hydrogens (primary N) is 1. The molecule has 80 valence electrons. The first-order chi connectivity index (χ1) is 6.79. The molecule has 1 heterocycles. The molecule has 3 nitrogen and oxygen atoms in total. The van der Waals surface area contributed by atoms with E-state index in [4.69, 9.17) is 5.73 Å². The zero-order chi connectivity index (χ0) is 9.97. The van der Waals surface area contributed by atoms with E-state index in [1.807, 2.05) is 4.90 Å². The molecule has 1 aliphatic heterocycles. The van der Waals surface area contributed by atoms with Crippen molar-refractivity contribution in [1.82, 2.24) is 4.90 Å². The van der Waals surface area contributed by atoms with Gasteiger partial charge in [0.1, 0.15) is 0 Å². The van der Waals surface area contributed by atoms with Gasteiger partial charge in [0.25, 0.3) is 0 Å². The van der Waals surface area contributed by atoms with Crippen LogP contribution in [0, 0.1) is 5.92 Å². The van der Waals surface area contributed by atoms with E-state index in [2.05, 4.69) is 0 Å². The molecule has 1 aliphatic carbocycles. The second-order valence-electron chi connectivity index (χ2n) is 4.60. The summed E-state index contributed by atoms with van der Waals surface area (Å²) in [7, 11) is 0. The SMILES string of the molecule is N[C@@H](C(=O)N1CCCC1)C1CCCC1. The second-order valence-corrected chi connectivity index (χ2v) is 4.60. The van der Waals surface area contributed by atoms with Crippen molar-refractivity contribution in [2.45, 2.75) is 44.6 Å². The van der Waals surface area contributed by atoms with E-state index in [-0.39, 0.29) is 11.9 Å². The highest BCUT2D eigenvalue weighted by Gasteiger charge is 2.31. The van der Waals surface area contributed by atoms with Gasteiger partial charge in [0.05, 0.1) is 6.04 Å². The van der Waals surface area contributed by atoms with E-state index in [1.54, 1.807) is 0 Å². The van der Waals surface area contributed by atoms with Crippen molar-refractivity contribution in [3.8, 4) is 0 Å². The standard InChI is InChI=1S/C11H20N2O/c12-10(9-5-1-2-6-9)11(14)13-7-3-4-8-13/h9-10H,1-8,12H2/t10-/m1/s1. The Hall–Kier alpha value is -0.570. The molecule has 0 spiro atoms. The lowest BCUT2D eigenvalue weighted by atomic mass is 9.98. The van der Waals surface area contributed by atoms with Gasteiger partial charge in [-0.25, -0.2) is 0 Å². The van der Waals surface area contributed by atoms with Gasteiger partial charge in [-0.1, -0.05) is 12.8 Å². The Bertz CT molecular complexity index is 205. The number of hydrogen-bond acceptors (Lipinski definition) is 2. The van der Waals surface area contributed by atoms with E-state index in [0.29, 0.717) is 5.92 Å². The highest BCUT2D eigenvalue weighted by Crippen LogP contribution is 2.28. The van der Waals surface area contributed by atoms with Gasteiger partial charge in [0, 0.05) is 13.1 Å². The third-order valence-electron chi connectivity index (χ3n) is 3.61. The Morgan fingerprint density at radius 3 is 2.29 bits per heavy atom. The third-order valence-corrected chi connectivity index (χ3v) is 3.61. The summed E-state index contributed by atoms with van der Waals surface area (Å²) >= 11 is 0. The summed E-state index contributed by atoms with van der Waals surface area (Å²) in [6.07, 6.45) is 7.13. The highest BCUT2D eigenvalue weighted by atomic mass is 16.2. The normalized spacial score (nSPS) is 25.6. The zero-order valence-electron chi connectivity index (χ0n) is 8.74. The monoisotopic (exact) mass is 196 g/mol. The Kier molecular flexibility index (Phi) is 3.06. The van der Waals surface area contributed by atoms with E-state index < -0.39 is 0 Å². The molecule has 1 saturated carbocycles. The number of hydrogen-bond donors (Lipinski definition) is 1. The first-order valence-corrected chi connectivity index (χ1v) is 5.83. The van der Waals surface area contributed by atoms with Gasteiger partial charge >= 0.3 is 0 Å². The number of likely N-dealkylation sites (tertiary alicyclic amines) is 1. The van der Waals surface area contributed by atoms with E-state index in [9.17, 15) is 4.79 Å². The van der Waals surface area contributed by atoms with Crippen molar-refractivity contribution in [2.24, 2.45) is 11.7 Å². The van der Waals surface area contributed by atoms with Gasteiger partial charge < -0.3 is 10.6 Å². The highest BCUT2D eigenvalue weighted by molar-refractivity contribution is 5.82. The van der Waals surface area contributed by atoms with E-state index in [0.717, 1.165) is 38.8 Å². The Balaban J connectivity index is 1.89. The van der Waals surface area contributed by atoms with Crippen molar-refractivity contribution < 1.29 is 4.79 Å². The summed E-state index contributed by atoms with van der Waals surface area (Å²) in [6.45, 7) is 1.86. The molecule has 0 aromatic heterocycles. The van der Waals surface area contributed by atoms with Crippen LogP contribution in [0.25, 0.3) is 0 Å². The van der Waals surface area contributed by atoms with Crippen molar-refractivity contribution in [2.75, 3.05) is 13.1 Å². The molecule has 2 fully saturated rings. The summed E-state index contributed by atoms with van der Waals surface area (Å²) in [4.78, 5) is 13.9. The molecule has 0 unspecified atom stereocenters. The fourth-order valence-corrected chi connectivity index (χ4v) is 2.67. The minimum Gasteiger partial charge on any atom is -0.341 e. The van der Waals surface area contributed by atoms with Gasteiger partial charge in [0.15, 0.2) is 0 Å². The van der Waals surface area contributed by atoms with Gasteiger partial charge in [-0.2, -0.15) is 0 Å². The minimum absolute atomic E-state index is 0.203. The quantitative estimate of drug-likeness (QED) is 0.719. The van der Waals surface area contributed by atoms with Crippen molar-refractivity contribution in [3.63, 3.8) is 0 Å². The summed E-state index contributed by atoms with van der Waals surface area (Å²) in [5.74, 6) is 0.664. The molecule has 14 heavy (non-hydrogen) atoms. The first-order valence-electron chi connectivity index (χ1n) is 5.83. The lowest BCUT2D eigenvalue weighted by Gasteiger charge is -2.24. The van der Waals surface area contributed by atoms with Crippen LogP contribution in [0.1, 0.15) is 38.5 Å². The van der Waals surface area contributed by atoms with Crippen LogP contribution < -0.4 is 5.73 Å². The molecule has 0 aromatic rings.